The van der Waals surface area contributed by atoms with Crippen LogP contribution in [0.1, 0.15) is 11.1 Å². The molecule has 0 aromatic heterocycles. The third-order valence-electron chi connectivity index (χ3n) is 6.24. The molecule has 1 saturated heterocycles. The smallest absolute Gasteiger partial charge is 0.271 e. The lowest BCUT2D eigenvalue weighted by atomic mass is 10.1. The fraction of sp³-hybridized carbons (Fsp3) is 0.0938. The summed E-state index contributed by atoms with van der Waals surface area (Å²) in [4.78, 5) is 32.8. The molecule has 1 aliphatic rings. The van der Waals surface area contributed by atoms with Gasteiger partial charge in [-0.1, -0.05) is 46.9 Å². The van der Waals surface area contributed by atoms with Crippen molar-refractivity contribution in [1.29, 1.82) is 0 Å². The molecule has 4 aromatic rings. The first kappa shape index (κ1) is 30.5. The van der Waals surface area contributed by atoms with Crippen molar-refractivity contribution < 1.29 is 19.1 Å². The summed E-state index contributed by atoms with van der Waals surface area (Å²) in [6.45, 7) is 1.64. The summed E-state index contributed by atoms with van der Waals surface area (Å²) < 4.78 is 11.2. The van der Waals surface area contributed by atoms with Gasteiger partial charge in [-0.25, -0.2) is 4.99 Å². The molecule has 1 N–H and O–H groups in total. The second-order valence-corrected chi connectivity index (χ2v) is 11.6. The van der Waals surface area contributed by atoms with E-state index in [1.165, 1.54) is 23.8 Å². The number of aliphatic imine (C=N–C) groups is 1. The van der Waals surface area contributed by atoms with Gasteiger partial charge in [0.15, 0.2) is 23.3 Å². The monoisotopic (exact) mass is 651 g/mol. The maximum atomic E-state index is 13.6. The Morgan fingerprint density at radius 3 is 2.30 bits per heavy atom. The minimum atomic E-state index is -0.351. The van der Waals surface area contributed by atoms with Crippen molar-refractivity contribution >= 4 is 86.7 Å². The molecule has 0 atom stereocenters. The van der Waals surface area contributed by atoms with Crippen LogP contribution in [0.4, 0.5) is 17.1 Å². The third kappa shape index (κ3) is 7.53. The summed E-state index contributed by atoms with van der Waals surface area (Å²) in [5.41, 5.74) is 3.46. The number of rotatable bonds is 8. The number of amides is 2. The van der Waals surface area contributed by atoms with Crippen LogP contribution in [-0.2, 0) is 9.59 Å². The van der Waals surface area contributed by atoms with Gasteiger partial charge in [0, 0.05) is 20.8 Å². The molecule has 0 bridgehead atoms. The van der Waals surface area contributed by atoms with Crippen molar-refractivity contribution in [3.8, 4) is 11.5 Å². The van der Waals surface area contributed by atoms with Crippen molar-refractivity contribution in [2.45, 2.75) is 6.92 Å². The predicted molar refractivity (Wildman–Crippen MR) is 176 cm³/mol. The molecule has 2 amide bonds. The van der Waals surface area contributed by atoms with E-state index in [9.17, 15) is 9.59 Å². The Morgan fingerprint density at radius 1 is 0.930 bits per heavy atom. The second-order valence-electron chi connectivity index (χ2n) is 9.31. The molecule has 218 valence electrons. The van der Waals surface area contributed by atoms with Crippen LogP contribution in [-0.4, -0.2) is 30.7 Å². The van der Waals surface area contributed by atoms with Crippen LogP contribution in [0.2, 0.25) is 15.1 Å². The Bertz CT molecular complexity index is 1740. The third-order valence-corrected chi connectivity index (χ3v) is 8.12. The number of anilines is 2. The molecule has 11 heteroatoms. The molecule has 5 rings (SSSR count). The Morgan fingerprint density at radius 2 is 1.63 bits per heavy atom. The molecule has 1 fully saturated rings. The summed E-state index contributed by atoms with van der Waals surface area (Å²) in [5, 5.41) is 4.94. The number of thioether (sulfide) groups is 1. The van der Waals surface area contributed by atoms with Gasteiger partial charge in [0.2, 0.25) is 0 Å². The van der Waals surface area contributed by atoms with E-state index in [4.69, 9.17) is 49.3 Å². The average molecular weight is 653 g/mol. The SMILES string of the molecule is COc1cc(/C=C2\SC(=Nc3ccc(Cl)cc3)N(c3ccc(Cl)cc3)C2=O)ccc1OCC(=O)Nc1ccc(C)c(Cl)c1. The maximum Gasteiger partial charge on any atom is 0.271 e. The minimum absolute atomic E-state index is 0.239. The van der Waals surface area contributed by atoms with Gasteiger partial charge in [-0.15, -0.1) is 0 Å². The molecule has 7 nitrogen and oxygen atoms in total. The lowest BCUT2D eigenvalue weighted by molar-refractivity contribution is -0.118. The van der Waals surface area contributed by atoms with Gasteiger partial charge in [0.25, 0.3) is 11.8 Å². The van der Waals surface area contributed by atoms with Crippen LogP contribution in [0.15, 0.2) is 94.8 Å². The Hall–Kier alpha value is -3.95. The van der Waals surface area contributed by atoms with E-state index in [-0.39, 0.29) is 18.4 Å². The van der Waals surface area contributed by atoms with Crippen molar-refractivity contribution in [3.05, 3.63) is 116 Å². The Kier molecular flexibility index (Phi) is 9.62. The predicted octanol–water partition coefficient (Wildman–Crippen LogP) is 8.79. The Labute approximate surface area is 268 Å². The highest BCUT2D eigenvalue weighted by molar-refractivity contribution is 8.19. The summed E-state index contributed by atoms with van der Waals surface area (Å²) in [6.07, 6.45) is 1.75. The van der Waals surface area contributed by atoms with E-state index in [2.05, 4.69) is 5.32 Å². The van der Waals surface area contributed by atoms with Crippen LogP contribution < -0.4 is 19.7 Å². The van der Waals surface area contributed by atoms with Crippen LogP contribution >= 0.6 is 46.6 Å². The molecule has 0 radical (unpaired) electrons. The molecular formula is C32H24Cl3N3O4S. The van der Waals surface area contributed by atoms with E-state index >= 15 is 0 Å². The number of halogens is 3. The highest BCUT2D eigenvalue weighted by Crippen LogP contribution is 2.39. The number of nitrogens with zero attached hydrogens (tertiary/aromatic N) is 2. The van der Waals surface area contributed by atoms with Gasteiger partial charge in [-0.2, -0.15) is 0 Å². The zero-order valence-corrected chi connectivity index (χ0v) is 26.0. The number of aryl methyl sites for hydroxylation is 1. The summed E-state index contributed by atoms with van der Waals surface area (Å²) in [6, 6.07) is 24.5. The molecule has 0 spiro atoms. The van der Waals surface area contributed by atoms with E-state index in [1.807, 2.05) is 13.0 Å². The van der Waals surface area contributed by atoms with Crippen molar-refractivity contribution in [2.24, 2.45) is 4.99 Å². The number of ether oxygens (including phenoxy) is 2. The quantitative estimate of drug-likeness (QED) is 0.193. The number of hydrogen-bond donors (Lipinski definition) is 1. The standard InChI is InChI=1S/C32H24Cl3N3O4S/c1-19-3-9-24(17-26(19)35)36-30(39)18-42-27-14-4-20(15-28(27)41-2)16-29-31(40)38(25-12-7-22(34)8-13-25)32(43-29)37-23-10-5-21(33)6-11-23/h3-17H,18H2,1-2H3,(H,36,39)/b29-16-,37-32?. The normalized spacial score (nSPS) is 14.8. The van der Waals surface area contributed by atoms with Gasteiger partial charge < -0.3 is 14.8 Å². The van der Waals surface area contributed by atoms with Gasteiger partial charge in [-0.3, -0.25) is 14.5 Å². The number of carbonyl (C=O) groups excluding carboxylic acids is 2. The van der Waals surface area contributed by atoms with Gasteiger partial charge in [0.05, 0.1) is 23.4 Å². The largest absolute Gasteiger partial charge is 0.493 e. The van der Waals surface area contributed by atoms with Crippen LogP contribution in [0, 0.1) is 6.92 Å². The van der Waals surface area contributed by atoms with Crippen molar-refractivity contribution in [1.82, 2.24) is 0 Å². The molecule has 1 aliphatic heterocycles. The van der Waals surface area contributed by atoms with E-state index < -0.39 is 0 Å². The average Bonchev–Trinajstić information content (AvgIpc) is 3.29. The highest BCUT2D eigenvalue weighted by atomic mass is 35.5. The fourth-order valence-electron chi connectivity index (χ4n) is 4.05. The van der Waals surface area contributed by atoms with Crippen LogP contribution in [0.5, 0.6) is 11.5 Å². The van der Waals surface area contributed by atoms with Gasteiger partial charge in [0.1, 0.15) is 0 Å². The van der Waals surface area contributed by atoms with Crippen molar-refractivity contribution in [3.63, 3.8) is 0 Å². The number of nitrogens with one attached hydrogen (secondary N) is 1. The van der Waals surface area contributed by atoms with Crippen molar-refractivity contribution in [2.75, 3.05) is 23.9 Å². The Balaban J connectivity index is 1.36. The fourth-order valence-corrected chi connectivity index (χ4v) is 5.48. The lowest BCUT2D eigenvalue weighted by Crippen LogP contribution is -2.28. The van der Waals surface area contributed by atoms with E-state index in [1.54, 1.807) is 84.9 Å². The molecule has 0 saturated carbocycles. The molecule has 0 unspecified atom stereocenters. The number of hydrogen-bond acceptors (Lipinski definition) is 6. The van der Waals surface area contributed by atoms with E-state index in [0.29, 0.717) is 59.3 Å². The van der Waals surface area contributed by atoms with Gasteiger partial charge in [-0.05, 0) is 109 Å². The number of amidine groups is 1. The molecular weight excluding hydrogens is 629 g/mol. The summed E-state index contributed by atoms with van der Waals surface area (Å²) in [5.74, 6) is 0.184. The molecule has 0 aliphatic carbocycles. The zero-order valence-electron chi connectivity index (χ0n) is 22.9. The van der Waals surface area contributed by atoms with Crippen LogP contribution in [0.3, 0.4) is 0 Å². The number of carbonyl (C=O) groups is 2. The summed E-state index contributed by atoms with van der Waals surface area (Å²) >= 11 is 19.5. The number of methoxy groups -OCH3 is 1. The molecule has 1 heterocycles. The topological polar surface area (TPSA) is 80.2 Å². The van der Waals surface area contributed by atoms with Gasteiger partial charge >= 0.3 is 0 Å². The van der Waals surface area contributed by atoms with E-state index in [0.717, 1.165) is 5.56 Å². The first-order valence-electron chi connectivity index (χ1n) is 12.9. The zero-order chi connectivity index (χ0) is 30.5. The maximum absolute atomic E-state index is 13.6. The first-order chi connectivity index (χ1) is 20.7. The first-order valence-corrected chi connectivity index (χ1v) is 14.9. The summed E-state index contributed by atoms with van der Waals surface area (Å²) in [7, 11) is 1.50. The lowest BCUT2D eigenvalue weighted by Gasteiger charge is -2.15. The highest BCUT2D eigenvalue weighted by Gasteiger charge is 2.35. The van der Waals surface area contributed by atoms with Crippen LogP contribution in [0.25, 0.3) is 6.08 Å². The molecule has 4 aromatic carbocycles. The molecule has 43 heavy (non-hydrogen) atoms. The minimum Gasteiger partial charge on any atom is -0.493 e. The number of benzene rings is 4. The second kappa shape index (κ2) is 13.6.